The summed E-state index contributed by atoms with van der Waals surface area (Å²) >= 11 is 0. The summed E-state index contributed by atoms with van der Waals surface area (Å²) in [6.45, 7) is 15.5. The highest BCUT2D eigenvalue weighted by atomic mass is 15.3. The number of hydrogen-bond donors (Lipinski definition) is 1. The van der Waals surface area contributed by atoms with E-state index in [-0.39, 0.29) is 0 Å². The average Bonchev–Trinajstić information content (AvgIpc) is 3.48. The molecule has 2 fully saturated rings. The van der Waals surface area contributed by atoms with Gasteiger partial charge in [0.1, 0.15) is 0 Å². The summed E-state index contributed by atoms with van der Waals surface area (Å²) in [5.74, 6) is 1.87. The number of hydrogen-bond acceptors (Lipinski definition) is 4. The fourth-order valence-corrected chi connectivity index (χ4v) is 9.03. The molecule has 4 heteroatoms. The van der Waals surface area contributed by atoms with Crippen LogP contribution in [-0.2, 0) is 13.0 Å². The van der Waals surface area contributed by atoms with Crippen LogP contribution in [0.2, 0.25) is 0 Å². The molecule has 2 saturated heterocycles. The third-order valence-corrected chi connectivity index (χ3v) is 11.7. The molecule has 1 N–H and O–H groups in total. The standard InChI is InChI=1S/C42H50N4/c1-30-8-15-41-35(26-30)11-16-40(33-6-4-3-5-7-33)42(41)34-9-12-37(13-10-34)45-20-18-32(19-21-45)29-44-22-24-46(25-23-44)38-14-17-39-31(2)43-28-36(39)27-38/h3-4,6,8-10,12-15,17,26-27,32,40,42-43H,2,5,7,11,16,18-25,28-29H2,1H3. The summed E-state index contributed by atoms with van der Waals surface area (Å²) in [6.07, 6.45) is 14.5. The Morgan fingerprint density at radius 2 is 1.57 bits per heavy atom. The number of benzene rings is 3. The third-order valence-electron chi connectivity index (χ3n) is 11.7. The molecular formula is C42H50N4. The Labute approximate surface area is 276 Å². The topological polar surface area (TPSA) is 21.8 Å². The highest BCUT2D eigenvalue weighted by molar-refractivity contribution is 5.71. The maximum atomic E-state index is 4.13. The zero-order valence-corrected chi connectivity index (χ0v) is 27.7. The number of piperidine rings is 1. The summed E-state index contributed by atoms with van der Waals surface area (Å²) in [7, 11) is 0. The van der Waals surface area contributed by atoms with E-state index in [0.29, 0.717) is 11.8 Å². The van der Waals surface area contributed by atoms with E-state index in [1.807, 2.05) is 0 Å². The van der Waals surface area contributed by atoms with Crippen molar-refractivity contribution in [2.24, 2.45) is 11.8 Å². The molecule has 2 atom stereocenters. The number of allylic oxidation sites excluding steroid dienone is 4. The van der Waals surface area contributed by atoms with Gasteiger partial charge in [-0.05, 0) is 104 Å². The molecule has 0 amide bonds. The molecule has 2 unspecified atom stereocenters. The van der Waals surface area contributed by atoms with Crippen molar-refractivity contribution >= 4 is 17.1 Å². The van der Waals surface area contributed by atoms with Crippen molar-refractivity contribution in [3.8, 4) is 0 Å². The second kappa shape index (κ2) is 12.8. The van der Waals surface area contributed by atoms with Gasteiger partial charge in [0.15, 0.2) is 0 Å². The van der Waals surface area contributed by atoms with Crippen LogP contribution in [0.3, 0.4) is 0 Å². The van der Waals surface area contributed by atoms with Crippen molar-refractivity contribution in [2.75, 3.05) is 55.6 Å². The fourth-order valence-electron chi connectivity index (χ4n) is 9.03. The second-order valence-electron chi connectivity index (χ2n) is 14.5. The Morgan fingerprint density at radius 3 is 2.35 bits per heavy atom. The van der Waals surface area contributed by atoms with Gasteiger partial charge in [-0.2, -0.15) is 0 Å². The highest BCUT2D eigenvalue weighted by Crippen LogP contribution is 2.46. The molecule has 0 saturated carbocycles. The van der Waals surface area contributed by atoms with E-state index in [9.17, 15) is 0 Å². The lowest BCUT2D eigenvalue weighted by Gasteiger charge is -2.40. The first kappa shape index (κ1) is 29.6. The maximum Gasteiger partial charge on any atom is 0.0408 e. The van der Waals surface area contributed by atoms with Crippen LogP contribution in [0, 0.1) is 18.8 Å². The zero-order valence-electron chi connectivity index (χ0n) is 27.7. The van der Waals surface area contributed by atoms with Gasteiger partial charge in [0.25, 0.3) is 0 Å². The molecule has 3 aliphatic heterocycles. The van der Waals surface area contributed by atoms with Crippen LogP contribution in [0.1, 0.15) is 71.4 Å². The lowest BCUT2D eigenvalue weighted by molar-refractivity contribution is 0.201. The molecule has 46 heavy (non-hydrogen) atoms. The Bertz CT molecular complexity index is 1630. The van der Waals surface area contributed by atoms with Gasteiger partial charge in [-0.3, -0.25) is 4.90 Å². The van der Waals surface area contributed by atoms with Crippen LogP contribution in [0.15, 0.2) is 91.0 Å². The zero-order chi connectivity index (χ0) is 31.0. The maximum absolute atomic E-state index is 4.13. The van der Waals surface area contributed by atoms with Gasteiger partial charge < -0.3 is 15.1 Å². The number of anilines is 2. The summed E-state index contributed by atoms with van der Waals surface area (Å²) in [5.41, 5.74) is 14.2. The van der Waals surface area contributed by atoms with E-state index >= 15 is 0 Å². The van der Waals surface area contributed by atoms with Crippen LogP contribution < -0.4 is 15.1 Å². The number of fused-ring (bicyclic) bond motifs is 2. The minimum atomic E-state index is 0.460. The molecule has 0 aromatic heterocycles. The predicted molar refractivity (Wildman–Crippen MR) is 194 cm³/mol. The molecule has 0 spiro atoms. The third kappa shape index (κ3) is 5.93. The van der Waals surface area contributed by atoms with Gasteiger partial charge in [-0.25, -0.2) is 0 Å². The van der Waals surface area contributed by atoms with Crippen LogP contribution in [0.4, 0.5) is 11.4 Å². The molecular weight excluding hydrogens is 560 g/mol. The van der Waals surface area contributed by atoms with Gasteiger partial charge in [0.2, 0.25) is 0 Å². The van der Waals surface area contributed by atoms with Gasteiger partial charge in [0.05, 0.1) is 0 Å². The Balaban J connectivity index is 0.873. The van der Waals surface area contributed by atoms with Crippen molar-refractivity contribution in [3.63, 3.8) is 0 Å². The number of aryl methyl sites for hydroxylation is 2. The summed E-state index contributed by atoms with van der Waals surface area (Å²) in [5, 5.41) is 3.39. The Morgan fingerprint density at radius 1 is 0.783 bits per heavy atom. The smallest absolute Gasteiger partial charge is 0.0408 e. The molecule has 5 aliphatic rings. The molecule has 0 bridgehead atoms. The summed E-state index contributed by atoms with van der Waals surface area (Å²) in [4.78, 5) is 7.93. The van der Waals surface area contributed by atoms with Crippen molar-refractivity contribution in [2.45, 2.75) is 57.9 Å². The number of piperazine rings is 1. The van der Waals surface area contributed by atoms with E-state index in [1.165, 1.54) is 105 Å². The van der Waals surface area contributed by atoms with Crippen molar-refractivity contribution in [1.29, 1.82) is 0 Å². The minimum absolute atomic E-state index is 0.460. The molecule has 0 radical (unpaired) electrons. The van der Waals surface area contributed by atoms with Gasteiger partial charge in [-0.15, -0.1) is 0 Å². The minimum Gasteiger partial charge on any atom is -0.381 e. The predicted octanol–water partition coefficient (Wildman–Crippen LogP) is 8.08. The van der Waals surface area contributed by atoms with E-state index in [1.54, 1.807) is 16.7 Å². The van der Waals surface area contributed by atoms with E-state index in [4.69, 9.17) is 0 Å². The molecule has 238 valence electrons. The first-order valence-corrected chi connectivity index (χ1v) is 17.9. The van der Waals surface area contributed by atoms with E-state index < -0.39 is 0 Å². The van der Waals surface area contributed by atoms with Crippen LogP contribution >= 0.6 is 0 Å². The average molecular weight is 611 g/mol. The summed E-state index contributed by atoms with van der Waals surface area (Å²) < 4.78 is 0. The second-order valence-corrected chi connectivity index (χ2v) is 14.5. The highest BCUT2D eigenvalue weighted by Gasteiger charge is 2.33. The van der Waals surface area contributed by atoms with Gasteiger partial charge in [-0.1, -0.05) is 72.3 Å². The lowest BCUT2D eigenvalue weighted by atomic mass is 9.67. The van der Waals surface area contributed by atoms with E-state index in [2.05, 4.69) is 112 Å². The lowest BCUT2D eigenvalue weighted by Crippen LogP contribution is -2.49. The Kier molecular flexibility index (Phi) is 8.24. The number of nitrogens with one attached hydrogen (secondary N) is 1. The van der Waals surface area contributed by atoms with Crippen LogP contribution in [-0.4, -0.2) is 50.7 Å². The van der Waals surface area contributed by atoms with Crippen LogP contribution in [0.5, 0.6) is 0 Å². The normalized spacial score (nSPS) is 23.6. The van der Waals surface area contributed by atoms with E-state index in [0.717, 1.165) is 31.2 Å². The van der Waals surface area contributed by atoms with Crippen molar-refractivity contribution in [1.82, 2.24) is 10.2 Å². The van der Waals surface area contributed by atoms with Crippen LogP contribution in [0.25, 0.3) is 5.70 Å². The fraction of sp³-hybridized carbons (Fsp3) is 0.429. The first-order valence-electron chi connectivity index (χ1n) is 17.9. The summed E-state index contributed by atoms with van der Waals surface area (Å²) in [6, 6.07) is 23.9. The molecule has 2 aliphatic carbocycles. The molecule has 3 aromatic carbocycles. The molecule has 3 aromatic rings. The molecule has 4 nitrogen and oxygen atoms in total. The monoisotopic (exact) mass is 610 g/mol. The first-order chi connectivity index (χ1) is 22.6. The quantitative estimate of drug-likeness (QED) is 0.305. The van der Waals surface area contributed by atoms with Crippen molar-refractivity contribution < 1.29 is 0 Å². The largest absolute Gasteiger partial charge is 0.381 e. The molecule has 8 rings (SSSR count). The van der Waals surface area contributed by atoms with Gasteiger partial charge in [0, 0.05) is 80.9 Å². The molecule has 3 heterocycles. The van der Waals surface area contributed by atoms with Crippen molar-refractivity contribution in [3.05, 3.63) is 124 Å². The van der Waals surface area contributed by atoms with Gasteiger partial charge >= 0.3 is 0 Å². The number of rotatable bonds is 6. The number of nitrogens with zero attached hydrogens (tertiary/aromatic N) is 3. The Hall–Kier alpha value is -3.76. The SMILES string of the molecule is C=C1NCc2cc(N3CCN(CC4CCN(c5ccc(C6c7ccc(C)cc7CCC6C6=CC=CCC6)cc5)CC4)CC3)ccc21.